The van der Waals surface area contributed by atoms with Crippen molar-refractivity contribution in [1.29, 1.82) is 0 Å². The first-order chi connectivity index (χ1) is 6.95. The standard InChI is InChI=1S/C10H20N2S2/c1-3-9(7-11-5-1)13-14-10-4-2-6-12-8-10/h9-12H,1-8H2. The maximum atomic E-state index is 3.47. The Bertz CT molecular complexity index is 136. The van der Waals surface area contributed by atoms with Gasteiger partial charge in [-0.25, -0.2) is 0 Å². The fourth-order valence-electron chi connectivity index (χ4n) is 1.96. The van der Waals surface area contributed by atoms with E-state index in [0.29, 0.717) is 0 Å². The number of hydrogen-bond donors (Lipinski definition) is 2. The van der Waals surface area contributed by atoms with Gasteiger partial charge in [-0.2, -0.15) is 0 Å². The molecule has 2 aliphatic heterocycles. The third-order valence-corrected chi connectivity index (χ3v) is 6.26. The quantitative estimate of drug-likeness (QED) is 0.726. The Balaban J connectivity index is 1.60. The van der Waals surface area contributed by atoms with E-state index in [-0.39, 0.29) is 0 Å². The van der Waals surface area contributed by atoms with Gasteiger partial charge in [0.2, 0.25) is 0 Å². The second kappa shape index (κ2) is 6.26. The predicted molar refractivity (Wildman–Crippen MR) is 67.0 cm³/mol. The number of piperidine rings is 2. The van der Waals surface area contributed by atoms with E-state index in [4.69, 9.17) is 0 Å². The van der Waals surface area contributed by atoms with Crippen molar-refractivity contribution in [3.63, 3.8) is 0 Å². The SMILES string of the molecule is C1CNCC(SSC2CCCNC2)C1. The van der Waals surface area contributed by atoms with Crippen molar-refractivity contribution in [2.24, 2.45) is 0 Å². The second-order valence-corrected chi connectivity index (χ2v) is 7.00. The molecule has 14 heavy (non-hydrogen) atoms. The first kappa shape index (κ1) is 11.1. The van der Waals surface area contributed by atoms with Gasteiger partial charge in [0, 0.05) is 23.6 Å². The van der Waals surface area contributed by atoms with Crippen LogP contribution >= 0.6 is 21.6 Å². The van der Waals surface area contributed by atoms with Crippen LogP contribution in [0.3, 0.4) is 0 Å². The molecule has 0 aromatic rings. The molecule has 0 radical (unpaired) electrons. The molecule has 2 saturated heterocycles. The molecule has 2 unspecified atom stereocenters. The summed E-state index contributed by atoms with van der Waals surface area (Å²) in [5.41, 5.74) is 0. The van der Waals surface area contributed by atoms with E-state index in [2.05, 4.69) is 32.2 Å². The fraction of sp³-hybridized carbons (Fsp3) is 1.00. The van der Waals surface area contributed by atoms with Gasteiger partial charge in [0.05, 0.1) is 0 Å². The van der Waals surface area contributed by atoms with E-state index >= 15 is 0 Å². The number of rotatable bonds is 3. The van der Waals surface area contributed by atoms with Crippen LogP contribution in [0.25, 0.3) is 0 Å². The minimum Gasteiger partial charge on any atom is -0.316 e. The molecule has 0 amide bonds. The zero-order valence-corrected chi connectivity index (χ0v) is 10.3. The average Bonchev–Trinajstić information content (AvgIpc) is 2.29. The van der Waals surface area contributed by atoms with E-state index in [1.54, 1.807) is 0 Å². The summed E-state index contributed by atoms with van der Waals surface area (Å²) < 4.78 is 0. The number of hydrogen-bond acceptors (Lipinski definition) is 4. The highest BCUT2D eigenvalue weighted by Gasteiger charge is 2.18. The molecule has 2 heterocycles. The molecule has 2 aliphatic rings. The molecule has 0 saturated carbocycles. The van der Waals surface area contributed by atoms with Crippen LogP contribution in [0.5, 0.6) is 0 Å². The molecule has 82 valence electrons. The Kier molecular flexibility index (Phi) is 4.97. The van der Waals surface area contributed by atoms with Crippen molar-refractivity contribution < 1.29 is 0 Å². The van der Waals surface area contributed by atoms with Crippen LogP contribution < -0.4 is 10.6 Å². The molecule has 2 fully saturated rings. The van der Waals surface area contributed by atoms with Gasteiger partial charge in [0.25, 0.3) is 0 Å². The van der Waals surface area contributed by atoms with Crippen molar-refractivity contribution in [1.82, 2.24) is 10.6 Å². The van der Waals surface area contributed by atoms with Crippen LogP contribution in [0.4, 0.5) is 0 Å². The molecule has 2 nitrogen and oxygen atoms in total. The van der Waals surface area contributed by atoms with Crippen LogP contribution in [-0.4, -0.2) is 36.7 Å². The summed E-state index contributed by atoms with van der Waals surface area (Å²) in [5, 5.41) is 8.66. The van der Waals surface area contributed by atoms with E-state index < -0.39 is 0 Å². The molecule has 0 bridgehead atoms. The molecule has 4 heteroatoms. The largest absolute Gasteiger partial charge is 0.316 e. The molecule has 2 atom stereocenters. The summed E-state index contributed by atoms with van der Waals surface area (Å²) in [4.78, 5) is 0. The molecule has 2 N–H and O–H groups in total. The zero-order chi connectivity index (χ0) is 9.64. The van der Waals surface area contributed by atoms with Gasteiger partial charge in [0.1, 0.15) is 0 Å². The van der Waals surface area contributed by atoms with Gasteiger partial charge < -0.3 is 10.6 Å². The maximum absolute atomic E-state index is 3.47. The van der Waals surface area contributed by atoms with Crippen molar-refractivity contribution in [2.75, 3.05) is 26.2 Å². The van der Waals surface area contributed by atoms with Crippen molar-refractivity contribution in [3.8, 4) is 0 Å². The van der Waals surface area contributed by atoms with E-state index in [1.807, 2.05) is 0 Å². The minimum atomic E-state index is 0.857. The van der Waals surface area contributed by atoms with Gasteiger partial charge in [-0.1, -0.05) is 21.6 Å². The van der Waals surface area contributed by atoms with E-state index in [9.17, 15) is 0 Å². The lowest BCUT2D eigenvalue weighted by Gasteiger charge is -2.26. The summed E-state index contributed by atoms with van der Waals surface area (Å²) in [5.74, 6) is 0. The maximum Gasteiger partial charge on any atom is 0.0276 e. The van der Waals surface area contributed by atoms with Crippen molar-refractivity contribution in [2.45, 2.75) is 36.2 Å². The molecule has 2 rings (SSSR count). The summed E-state index contributed by atoms with van der Waals surface area (Å²) in [6.45, 7) is 4.90. The lowest BCUT2D eigenvalue weighted by Crippen LogP contribution is -2.33. The monoisotopic (exact) mass is 232 g/mol. The van der Waals surface area contributed by atoms with Crippen LogP contribution in [0.15, 0.2) is 0 Å². The van der Waals surface area contributed by atoms with E-state index in [1.165, 1.54) is 51.9 Å². The Morgan fingerprint density at radius 3 is 1.64 bits per heavy atom. The third kappa shape index (κ3) is 3.65. The summed E-state index contributed by atoms with van der Waals surface area (Å²) >= 11 is 0. The number of nitrogens with one attached hydrogen (secondary N) is 2. The van der Waals surface area contributed by atoms with Gasteiger partial charge in [-0.3, -0.25) is 0 Å². The zero-order valence-electron chi connectivity index (χ0n) is 8.63. The molecule has 0 aromatic carbocycles. The van der Waals surface area contributed by atoms with Crippen molar-refractivity contribution in [3.05, 3.63) is 0 Å². The minimum absolute atomic E-state index is 0.857. The first-order valence-corrected chi connectivity index (χ1v) is 7.96. The first-order valence-electron chi connectivity index (χ1n) is 5.69. The van der Waals surface area contributed by atoms with Gasteiger partial charge in [-0.15, -0.1) is 0 Å². The topological polar surface area (TPSA) is 24.1 Å². The smallest absolute Gasteiger partial charge is 0.0276 e. The molecule has 0 spiro atoms. The lowest BCUT2D eigenvalue weighted by molar-refractivity contribution is 0.530. The predicted octanol–water partition coefficient (Wildman–Crippen LogP) is 1.87. The van der Waals surface area contributed by atoms with E-state index in [0.717, 1.165) is 10.5 Å². The highest BCUT2D eigenvalue weighted by atomic mass is 33.1. The van der Waals surface area contributed by atoms with Crippen LogP contribution in [0.1, 0.15) is 25.7 Å². The summed E-state index contributed by atoms with van der Waals surface area (Å²) in [6.07, 6.45) is 5.54. The van der Waals surface area contributed by atoms with Crippen LogP contribution in [-0.2, 0) is 0 Å². The molecular formula is C10H20N2S2. The highest BCUT2D eigenvalue weighted by Crippen LogP contribution is 2.35. The summed E-state index contributed by atoms with van der Waals surface area (Å²) in [6, 6.07) is 0. The average molecular weight is 232 g/mol. The Morgan fingerprint density at radius 2 is 1.29 bits per heavy atom. The Morgan fingerprint density at radius 1 is 0.786 bits per heavy atom. The van der Waals surface area contributed by atoms with Crippen LogP contribution in [0.2, 0.25) is 0 Å². The third-order valence-electron chi connectivity index (χ3n) is 2.83. The van der Waals surface area contributed by atoms with Crippen LogP contribution in [0, 0.1) is 0 Å². The normalized spacial score (nSPS) is 34.3. The van der Waals surface area contributed by atoms with Gasteiger partial charge in [-0.05, 0) is 38.8 Å². The Labute approximate surface area is 94.8 Å². The molecule has 0 aromatic heterocycles. The van der Waals surface area contributed by atoms with Gasteiger partial charge in [0.15, 0.2) is 0 Å². The molecular weight excluding hydrogens is 212 g/mol. The Hall–Kier alpha value is 0.620. The summed E-state index contributed by atoms with van der Waals surface area (Å²) in [7, 11) is 4.24. The second-order valence-electron chi connectivity index (χ2n) is 4.13. The highest BCUT2D eigenvalue weighted by molar-refractivity contribution is 8.77. The fourth-order valence-corrected chi connectivity index (χ4v) is 5.10. The van der Waals surface area contributed by atoms with Gasteiger partial charge >= 0.3 is 0 Å². The molecule has 0 aliphatic carbocycles. The van der Waals surface area contributed by atoms with Crippen molar-refractivity contribution >= 4 is 21.6 Å². The lowest BCUT2D eigenvalue weighted by atomic mass is 10.2.